The molecule has 2 heterocycles. The topological polar surface area (TPSA) is 37.2 Å². The number of anilines is 6. The van der Waals surface area contributed by atoms with Crippen LogP contribution in [-0.4, -0.2) is 26.9 Å². The average Bonchev–Trinajstić information content (AvgIpc) is 3.99. The van der Waals surface area contributed by atoms with Gasteiger partial charge in [-0.25, -0.2) is 9.97 Å². The first-order valence-electron chi connectivity index (χ1n) is 25.2. The Labute approximate surface area is 446 Å². The number of hydrogen-bond donors (Lipinski definition) is 0. The van der Waals surface area contributed by atoms with Crippen molar-refractivity contribution in [3.05, 3.63) is 284 Å². The number of rotatable bonds is 12. The maximum Gasteiger partial charge on any atom is 0.411 e. The zero-order valence-electron chi connectivity index (χ0n) is 41.5. The molecule has 0 N–H and O–H groups in total. The first kappa shape index (κ1) is 49.2. The predicted molar refractivity (Wildman–Crippen MR) is 301 cm³/mol. The van der Waals surface area contributed by atoms with Gasteiger partial charge in [0.2, 0.25) is 5.41 Å². The summed E-state index contributed by atoms with van der Waals surface area (Å²) in [6.45, 7) is 0. The van der Waals surface area contributed by atoms with Gasteiger partial charge in [-0.05, 0) is 114 Å². The fourth-order valence-electron chi connectivity index (χ4n) is 10.6. The van der Waals surface area contributed by atoms with Crippen molar-refractivity contribution < 1.29 is 26.3 Å². The van der Waals surface area contributed by atoms with Gasteiger partial charge < -0.3 is 14.4 Å². The number of fused-ring (bicyclic) bond motifs is 3. The lowest BCUT2D eigenvalue weighted by molar-refractivity contribution is -0.288. The maximum absolute atomic E-state index is 15.9. The Kier molecular flexibility index (Phi) is 12.7. The number of aromatic nitrogens is 3. The number of halogens is 6. The third kappa shape index (κ3) is 8.88. The van der Waals surface area contributed by atoms with E-state index in [2.05, 4.69) is 21.9 Å². The quantitative estimate of drug-likeness (QED) is 0.114. The molecule has 0 fully saturated rings. The zero-order valence-corrected chi connectivity index (χ0v) is 41.5. The highest BCUT2D eigenvalue weighted by Gasteiger charge is 2.72. The summed E-state index contributed by atoms with van der Waals surface area (Å²) in [5.41, 5.74) is 3.51. The molecule has 12 rings (SSSR count). The van der Waals surface area contributed by atoms with Crippen molar-refractivity contribution in [2.24, 2.45) is 0 Å². The van der Waals surface area contributed by atoms with E-state index in [0.717, 1.165) is 80.3 Å². The van der Waals surface area contributed by atoms with Gasteiger partial charge in [0, 0.05) is 67.3 Å². The highest BCUT2D eigenvalue weighted by Crippen LogP contribution is 2.57. The van der Waals surface area contributed by atoms with Gasteiger partial charge in [-0.3, -0.25) is 0 Å². The van der Waals surface area contributed by atoms with Crippen molar-refractivity contribution in [1.82, 2.24) is 14.5 Å². The highest BCUT2D eigenvalue weighted by molar-refractivity contribution is 6.12. The van der Waals surface area contributed by atoms with E-state index in [1.165, 1.54) is 24.3 Å². The molecule has 0 amide bonds. The van der Waals surface area contributed by atoms with E-state index in [0.29, 0.717) is 28.1 Å². The number of nitrogens with zero attached hydrogens (tertiary/aromatic N) is 5. The molecule has 0 aliphatic rings. The molecule has 0 unspecified atom stereocenters. The zero-order chi connectivity index (χ0) is 53.4. The van der Waals surface area contributed by atoms with Gasteiger partial charge in [-0.1, -0.05) is 170 Å². The van der Waals surface area contributed by atoms with Crippen LogP contribution in [0.4, 0.5) is 60.5 Å². The van der Waals surface area contributed by atoms with Gasteiger partial charge in [-0.15, -0.1) is 0 Å². The number of alkyl halides is 6. The van der Waals surface area contributed by atoms with E-state index in [1.54, 1.807) is 6.07 Å². The Balaban J connectivity index is 1.00. The van der Waals surface area contributed by atoms with Crippen LogP contribution in [0.15, 0.2) is 273 Å². The minimum Gasteiger partial charge on any atom is -0.310 e. The monoisotopic (exact) mass is 1030 g/mol. The van der Waals surface area contributed by atoms with Gasteiger partial charge in [-0.2, -0.15) is 26.3 Å². The summed E-state index contributed by atoms with van der Waals surface area (Å²) in [5, 5.41) is 1.61. The van der Waals surface area contributed by atoms with Crippen molar-refractivity contribution in [1.29, 1.82) is 0 Å². The number of benzene rings is 10. The smallest absolute Gasteiger partial charge is 0.310 e. The molecule has 380 valence electrons. The van der Waals surface area contributed by atoms with E-state index >= 15 is 26.3 Å². The summed E-state index contributed by atoms with van der Waals surface area (Å²) in [5.74, 6) is 0.141. The Morgan fingerprint density at radius 3 is 0.987 bits per heavy atom. The third-order valence-corrected chi connectivity index (χ3v) is 14.2. The SMILES string of the molecule is FC(F)(F)C(c1ccc(-c2nc(-c3ccccc3)cc(-c3ccccc3)n2)cc1)(c1ccc(-n2c3ccc(N(c4ccccc4)c4ccccc4)cc3c3cc(N(c4ccccc4)c4ccccc4)ccc32)cc1)C(F)(F)F. The van der Waals surface area contributed by atoms with Crippen LogP contribution in [-0.2, 0) is 5.41 Å². The van der Waals surface area contributed by atoms with Crippen LogP contribution >= 0.6 is 0 Å². The second-order valence-corrected chi connectivity index (χ2v) is 18.8. The lowest BCUT2D eigenvalue weighted by Crippen LogP contribution is -2.54. The fourth-order valence-corrected chi connectivity index (χ4v) is 10.6. The standard InChI is InChI=1S/C67H45F6N5/c68-66(69,70)65(67(71,72)73,49-33-31-48(32-34-49)64-74-60(46-19-7-1-8-20-46)45-61(75-64)47-21-9-2-10-22-47)50-35-37-55(38-36-50)78-62-41-39-56(76(51-23-11-3-12-24-51)52-25-13-4-14-26-52)43-58(62)59-44-57(40-42-63(59)78)77(53-27-15-5-16-28-53)54-29-17-6-18-30-54/h1-45H. The molecule has 0 radical (unpaired) electrons. The average molecular weight is 1030 g/mol. The van der Waals surface area contributed by atoms with E-state index in [4.69, 9.17) is 9.97 Å². The van der Waals surface area contributed by atoms with Gasteiger partial charge >= 0.3 is 12.4 Å². The van der Waals surface area contributed by atoms with E-state index < -0.39 is 28.9 Å². The first-order chi connectivity index (χ1) is 38.0. The molecule has 0 saturated heterocycles. The molecule has 11 heteroatoms. The highest BCUT2D eigenvalue weighted by atomic mass is 19.4. The van der Waals surface area contributed by atoms with E-state index in [9.17, 15) is 0 Å². The summed E-state index contributed by atoms with van der Waals surface area (Å²) in [6, 6.07) is 80.9. The first-order valence-corrected chi connectivity index (χ1v) is 25.2. The van der Waals surface area contributed by atoms with Gasteiger partial charge in [0.15, 0.2) is 5.82 Å². The van der Waals surface area contributed by atoms with Gasteiger partial charge in [0.25, 0.3) is 0 Å². The van der Waals surface area contributed by atoms with Crippen LogP contribution in [0.25, 0.3) is 61.4 Å². The molecule has 12 aromatic rings. The Morgan fingerprint density at radius 1 is 0.308 bits per heavy atom. The molecule has 10 aromatic carbocycles. The molecule has 0 spiro atoms. The summed E-state index contributed by atoms with van der Waals surface area (Å²) >= 11 is 0. The molecular formula is C67H45F6N5. The molecule has 0 aliphatic heterocycles. The van der Waals surface area contributed by atoms with Crippen LogP contribution in [0.1, 0.15) is 11.1 Å². The van der Waals surface area contributed by atoms with Gasteiger partial charge in [0.05, 0.1) is 22.4 Å². The number of hydrogen-bond acceptors (Lipinski definition) is 4. The van der Waals surface area contributed by atoms with Crippen LogP contribution in [0.2, 0.25) is 0 Å². The summed E-state index contributed by atoms with van der Waals surface area (Å²) < 4.78 is 97.1. The van der Waals surface area contributed by atoms with Gasteiger partial charge in [0.1, 0.15) is 0 Å². The van der Waals surface area contributed by atoms with Crippen molar-refractivity contribution >= 4 is 55.9 Å². The molecule has 5 nitrogen and oxygen atoms in total. The Hall–Kier alpha value is -9.74. The normalized spacial score (nSPS) is 12.0. The maximum atomic E-state index is 15.9. The van der Waals surface area contributed by atoms with Crippen LogP contribution in [0.5, 0.6) is 0 Å². The third-order valence-electron chi connectivity index (χ3n) is 14.2. The lowest BCUT2D eigenvalue weighted by atomic mass is 9.72. The largest absolute Gasteiger partial charge is 0.411 e. The molecular weight excluding hydrogens is 989 g/mol. The van der Waals surface area contributed by atoms with Crippen molar-refractivity contribution in [2.75, 3.05) is 9.80 Å². The van der Waals surface area contributed by atoms with Crippen LogP contribution in [0, 0.1) is 0 Å². The van der Waals surface area contributed by atoms with Crippen molar-refractivity contribution in [3.8, 4) is 39.6 Å². The molecule has 0 atom stereocenters. The minimum atomic E-state index is -5.83. The van der Waals surface area contributed by atoms with Crippen LogP contribution < -0.4 is 9.80 Å². The second-order valence-electron chi connectivity index (χ2n) is 18.8. The summed E-state index contributed by atoms with van der Waals surface area (Å²) in [7, 11) is 0. The van der Waals surface area contributed by atoms with Crippen molar-refractivity contribution in [2.45, 2.75) is 17.8 Å². The predicted octanol–water partition coefficient (Wildman–Crippen LogP) is 18.9. The second kappa shape index (κ2) is 20.1. The molecule has 0 saturated carbocycles. The molecule has 0 bridgehead atoms. The Bertz CT molecular complexity index is 3730. The lowest BCUT2D eigenvalue weighted by Gasteiger charge is -2.38. The molecule has 2 aromatic heterocycles. The summed E-state index contributed by atoms with van der Waals surface area (Å²) in [4.78, 5) is 13.8. The minimum absolute atomic E-state index is 0.141. The van der Waals surface area contributed by atoms with E-state index in [-0.39, 0.29) is 11.4 Å². The molecule has 0 aliphatic carbocycles. The van der Waals surface area contributed by atoms with Crippen molar-refractivity contribution in [3.63, 3.8) is 0 Å². The Morgan fingerprint density at radius 2 is 0.641 bits per heavy atom. The molecule has 78 heavy (non-hydrogen) atoms. The van der Waals surface area contributed by atoms with E-state index in [1.807, 2.05) is 211 Å². The summed E-state index contributed by atoms with van der Waals surface area (Å²) in [6.07, 6.45) is -11.7. The fraction of sp³-hybridized carbons (Fsp3) is 0.0448. The van der Waals surface area contributed by atoms with Crippen LogP contribution in [0.3, 0.4) is 0 Å². The number of para-hydroxylation sites is 4.